The van der Waals surface area contributed by atoms with Gasteiger partial charge in [0.1, 0.15) is 0 Å². The van der Waals surface area contributed by atoms with Crippen molar-refractivity contribution in [2.45, 2.75) is 19.5 Å². The van der Waals surface area contributed by atoms with Gasteiger partial charge in [-0.15, -0.1) is 0 Å². The smallest absolute Gasteiger partial charge is 0.276 e. The highest BCUT2D eigenvalue weighted by atomic mass is 19.3. The van der Waals surface area contributed by atoms with E-state index < -0.39 is 18.4 Å². The molecule has 1 unspecified atom stereocenters. The number of halogens is 3. The third kappa shape index (κ3) is 2.21. The minimum atomic E-state index is -3.25. The number of allylic oxidation sites excluding steroid dienone is 1. The number of alkyl halides is 3. The number of ketones is 1. The lowest BCUT2D eigenvalue weighted by Gasteiger charge is -2.03. The molecule has 0 saturated carbocycles. The molecular formula is C6H7F3O. The van der Waals surface area contributed by atoms with Crippen LogP contribution in [0.25, 0.3) is 0 Å². The zero-order chi connectivity index (χ0) is 8.31. The van der Waals surface area contributed by atoms with Crippen molar-refractivity contribution in [2.24, 2.45) is 0 Å². The van der Waals surface area contributed by atoms with E-state index in [9.17, 15) is 18.0 Å². The van der Waals surface area contributed by atoms with Gasteiger partial charge in [-0.25, -0.2) is 13.2 Å². The van der Waals surface area contributed by atoms with Crippen LogP contribution >= 0.6 is 0 Å². The molecule has 0 aromatic heterocycles. The Balaban J connectivity index is 4.08. The van der Waals surface area contributed by atoms with Crippen molar-refractivity contribution >= 4 is 5.78 Å². The minimum absolute atomic E-state index is 0.187. The molecule has 0 aliphatic heterocycles. The predicted molar refractivity (Wildman–Crippen MR) is 30.7 cm³/mol. The van der Waals surface area contributed by atoms with Crippen LogP contribution < -0.4 is 0 Å². The SMILES string of the molecule is C=C(C)C(=O)C(F)C(F)F. The molecule has 1 nitrogen and oxygen atoms in total. The molecule has 0 radical (unpaired) electrons. The summed E-state index contributed by atoms with van der Waals surface area (Å²) >= 11 is 0. The Kier molecular flexibility index (Phi) is 3.12. The Morgan fingerprint density at radius 2 is 1.80 bits per heavy atom. The van der Waals surface area contributed by atoms with Crippen LogP contribution in [0.15, 0.2) is 12.2 Å². The van der Waals surface area contributed by atoms with Crippen LogP contribution in [0, 0.1) is 0 Å². The van der Waals surface area contributed by atoms with Crippen LogP contribution in [-0.2, 0) is 4.79 Å². The fourth-order valence-corrected chi connectivity index (χ4v) is 0.350. The predicted octanol–water partition coefficient (Wildman–Crippen LogP) is 1.73. The van der Waals surface area contributed by atoms with Gasteiger partial charge in [0.2, 0.25) is 6.17 Å². The molecule has 10 heavy (non-hydrogen) atoms. The molecular weight excluding hydrogens is 145 g/mol. The average molecular weight is 152 g/mol. The average Bonchev–Trinajstić information content (AvgIpc) is 1.84. The summed E-state index contributed by atoms with van der Waals surface area (Å²) in [5.74, 6) is -1.23. The van der Waals surface area contributed by atoms with Crippen LogP contribution in [0.5, 0.6) is 0 Å². The highest BCUT2D eigenvalue weighted by Gasteiger charge is 2.27. The molecule has 0 amide bonds. The first-order chi connectivity index (χ1) is 4.46. The summed E-state index contributed by atoms with van der Waals surface area (Å²) in [4.78, 5) is 10.3. The molecule has 0 fully saturated rings. The second kappa shape index (κ2) is 3.39. The van der Waals surface area contributed by atoms with Crippen molar-refractivity contribution in [3.05, 3.63) is 12.2 Å². The summed E-state index contributed by atoms with van der Waals surface area (Å²) in [6, 6.07) is 0. The van der Waals surface area contributed by atoms with Crippen LogP contribution in [0.3, 0.4) is 0 Å². The lowest BCUT2D eigenvalue weighted by molar-refractivity contribution is -0.125. The Morgan fingerprint density at radius 3 is 1.90 bits per heavy atom. The number of Topliss-reactive ketones (excluding diaryl/α,β-unsaturated/α-hetero) is 1. The molecule has 0 aliphatic rings. The summed E-state index contributed by atoms with van der Waals surface area (Å²) in [5, 5.41) is 0. The quantitative estimate of drug-likeness (QED) is 0.563. The molecule has 0 heterocycles. The van der Waals surface area contributed by atoms with E-state index in [1.165, 1.54) is 6.92 Å². The summed E-state index contributed by atoms with van der Waals surface area (Å²) in [5.41, 5.74) is -0.187. The Morgan fingerprint density at radius 1 is 1.40 bits per heavy atom. The van der Waals surface area contributed by atoms with Gasteiger partial charge in [0.25, 0.3) is 6.43 Å². The minimum Gasteiger partial charge on any atom is -0.291 e. The maximum atomic E-state index is 12.0. The van der Waals surface area contributed by atoms with Crippen LogP contribution in [-0.4, -0.2) is 18.4 Å². The van der Waals surface area contributed by atoms with E-state index in [4.69, 9.17) is 0 Å². The fraction of sp³-hybridized carbons (Fsp3) is 0.500. The molecule has 0 saturated heterocycles. The van der Waals surface area contributed by atoms with Crippen molar-refractivity contribution in [3.63, 3.8) is 0 Å². The normalized spacial score (nSPS) is 13.3. The van der Waals surface area contributed by atoms with Crippen LogP contribution in [0.1, 0.15) is 6.92 Å². The molecule has 58 valence electrons. The van der Waals surface area contributed by atoms with Crippen molar-refractivity contribution in [1.29, 1.82) is 0 Å². The second-order valence-electron chi connectivity index (χ2n) is 1.88. The molecule has 0 aliphatic carbocycles. The van der Waals surface area contributed by atoms with Gasteiger partial charge in [0.15, 0.2) is 5.78 Å². The van der Waals surface area contributed by atoms with E-state index >= 15 is 0 Å². The number of hydrogen-bond donors (Lipinski definition) is 0. The van der Waals surface area contributed by atoms with Gasteiger partial charge in [-0.2, -0.15) is 0 Å². The zero-order valence-electron chi connectivity index (χ0n) is 5.40. The number of carbonyl (C=O) groups excluding carboxylic acids is 1. The molecule has 0 rings (SSSR count). The number of hydrogen-bond acceptors (Lipinski definition) is 1. The first-order valence-electron chi connectivity index (χ1n) is 2.58. The monoisotopic (exact) mass is 152 g/mol. The summed E-state index contributed by atoms with van der Waals surface area (Å²) in [7, 11) is 0. The summed E-state index contributed by atoms with van der Waals surface area (Å²) < 4.78 is 34.8. The Hall–Kier alpha value is -0.800. The molecule has 0 N–H and O–H groups in total. The van der Waals surface area contributed by atoms with Gasteiger partial charge in [-0.05, 0) is 12.5 Å². The molecule has 0 spiro atoms. The topological polar surface area (TPSA) is 17.1 Å². The van der Waals surface area contributed by atoms with Gasteiger partial charge >= 0.3 is 0 Å². The van der Waals surface area contributed by atoms with Crippen molar-refractivity contribution in [3.8, 4) is 0 Å². The van der Waals surface area contributed by atoms with E-state index in [0.29, 0.717) is 0 Å². The highest BCUT2D eigenvalue weighted by Crippen LogP contribution is 2.09. The second-order valence-corrected chi connectivity index (χ2v) is 1.88. The van der Waals surface area contributed by atoms with Gasteiger partial charge in [0.05, 0.1) is 0 Å². The lowest BCUT2D eigenvalue weighted by Crippen LogP contribution is -2.23. The largest absolute Gasteiger partial charge is 0.291 e. The fourth-order valence-electron chi connectivity index (χ4n) is 0.350. The van der Waals surface area contributed by atoms with Crippen LogP contribution in [0.2, 0.25) is 0 Å². The summed E-state index contributed by atoms with van der Waals surface area (Å²) in [6.07, 6.45) is -5.96. The van der Waals surface area contributed by atoms with Gasteiger partial charge in [0, 0.05) is 0 Å². The third-order valence-electron chi connectivity index (χ3n) is 0.892. The van der Waals surface area contributed by atoms with Gasteiger partial charge in [-0.3, -0.25) is 4.79 Å². The molecule has 4 heteroatoms. The third-order valence-corrected chi connectivity index (χ3v) is 0.892. The zero-order valence-corrected chi connectivity index (χ0v) is 5.40. The standard InChI is InChI=1S/C6H7F3O/c1-3(2)5(10)4(7)6(8)9/h4,6H,1H2,2H3. The molecule has 0 bridgehead atoms. The number of carbonyl (C=O) groups is 1. The first kappa shape index (κ1) is 9.20. The Bertz CT molecular complexity index is 153. The van der Waals surface area contributed by atoms with E-state index in [2.05, 4.69) is 6.58 Å². The maximum Gasteiger partial charge on any atom is 0.276 e. The first-order valence-corrected chi connectivity index (χ1v) is 2.58. The van der Waals surface area contributed by atoms with Gasteiger partial charge in [-0.1, -0.05) is 6.58 Å². The van der Waals surface area contributed by atoms with Crippen LogP contribution in [0.4, 0.5) is 13.2 Å². The molecule has 1 atom stereocenters. The number of rotatable bonds is 3. The van der Waals surface area contributed by atoms with Crippen molar-refractivity contribution in [2.75, 3.05) is 0 Å². The van der Waals surface area contributed by atoms with E-state index in [-0.39, 0.29) is 5.57 Å². The van der Waals surface area contributed by atoms with Gasteiger partial charge < -0.3 is 0 Å². The molecule has 0 aromatic carbocycles. The van der Waals surface area contributed by atoms with Crippen molar-refractivity contribution < 1.29 is 18.0 Å². The van der Waals surface area contributed by atoms with Crippen molar-refractivity contribution in [1.82, 2.24) is 0 Å². The van der Waals surface area contributed by atoms with E-state index in [1.54, 1.807) is 0 Å². The molecule has 0 aromatic rings. The maximum absolute atomic E-state index is 12.0. The summed E-state index contributed by atoms with van der Waals surface area (Å²) in [6.45, 7) is 4.23. The lowest BCUT2D eigenvalue weighted by atomic mass is 10.1. The highest BCUT2D eigenvalue weighted by molar-refractivity contribution is 5.97. The Labute approximate surface area is 56.5 Å². The van der Waals surface area contributed by atoms with E-state index in [0.717, 1.165) is 0 Å². The van der Waals surface area contributed by atoms with E-state index in [1.807, 2.05) is 0 Å².